The van der Waals surface area contributed by atoms with Gasteiger partial charge in [0.2, 0.25) is 5.96 Å². The number of aliphatic imine (C=N–C) groups is 1. The fraction of sp³-hybridized carbons (Fsp3) is 0.261. The Hall–Kier alpha value is -3.21. The number of nitrogens with zero attached hydrogens (tertiary/aromatic N) is 2. The van der Waals surface area contributed by atoms with Gasteiger partial charge in [0, 0.05) is 11.6 Å². The molecule has 3 N–H and O–H groups in total. The summed E-state index contributed by atoms with van der Waals surface area (Å²) in [5.41, 5.74) is 9.31. The molecule has 1 amide bonds. The minimum atomic E-state index is -0.282. The Labute approximate surface area is 164 Å². The number of para-hydroxylation sites is 1. The molecule has 142 valence electrons. The molecule has 2 aromatic carbocycles. The summed E-state index contributed by atoms with van der Waals surface area (Å²) in [4.78, 5) is 21.5. The average molecular weight is 372 g/mol. The van der Waals surface area contributed by atoms with E-state index >= 15 is 0 Å². The van der Waals surface area contributed by atoms with Gasteiger partial charge in [-0.25, -0.2) is 4.99 Å². The van der Waals surface area contributed by atoms with Gasteiger partial charge < -0.3 is 5.73 Å². The maximum absolute atomic E-state index is 12.7. The van der Waals surface area contributed by atoms with Gasteiger partial charge in [0.05, 0.1) is 16.8 Å². The molecule has 1 aromatic heterocycles. The summed E-state index contributed by atoms with van der Waals surface area (Å²) in [6.07, 6.45) is 8.05. The summed E-state index contributed by atoms with van der Waals surface area (Å²) in [5.74, 6) is 0.390. The highest BCUT2D eigenvalue weighted by atomic mass is 16.1. The Bertz CT molecular complexity index is 1010. The fourth-order valence-electron chi connectivity index (χ4n) is 3.91. The molecule has 0 atom stereocenters. The van der Waals surface area contributed by atoms with Crippen LogP contribution in [0.1, 0.15) is 53.9 Å². The molecular weight excluding hydrogens is 348 g/mol. The zero-order valence-electron chi connectivity index (χ0n) is 15.8. The highest BCUT2D eigenvalue weighted by Gasteiger charge is 2.17. The molecule has 5 heteroatoms. The van der Waals surface area contributed by atoms with Crippen molar-refractivity contribution in [2.75, 3.05) is 0 Å². The first kappa shape index (κ1) is 18.2. The number of hydrogen-bond donors (Lipinski definition) is 2. The monoisotopic (exact) mass is 372 g/mol. The second kappa shape index (κ2) is 8.21. The van der Waals surface area contributed by atoms with Crippen LogP contribution >= 0.6 is 0 Å². The van der Waals surface area contributed by atoms with E-state index in [-0.39, 0.29) is 11.9 Å². The quantitative estimate of drug-likeness (QED) is 0.518. The molecule has 0 unspecified atom stereocenters. The number of benzene rings is 2. The molecule has 0 aliphatic heterocycles. The van der Waals surface area contributed by atoms with Crippen molar-refractivity contribution in [1.29, 1.82) is 0 Å². The molecule has 1 aliphatic carbocycles. The Morgan fingerprint density at radius 1 is 1.04 bits per heavy atom. The van der Waals surface area contributed by atoms with Gasteiger partial charge in [-0.1, -0.05) is 49.6 Å². The minimum absolute atomic E-state index is 0.0694. The van der Waals surface area contributed by atoms with Crippen molar-refractivity contribution >= 4 is 28.5 Å². The second-order valence-corrected chi connectivity index (χ2v) is 7.26. The minimum Gasteiger partial charge on any atom is -0.369 e. The Kier molecular flexibility index (Phi) is 5.33. The molecule has 1 aliphatic rings. The molecule has 0 radical (unpaired) electrons. The van der Waals surface area contributed by atoms with Crippen LogP contribution in [0.15, 0.2) is 65.8 Å². The molecule has 4 rings (SSSR count). The third-order valence-corrected chi connectivity index (χ3v) is 5.34. The topological polar surface area (TPSA) is 80.4 Å². The van der Waals surface area contributed by atoms with Crippen molar-refractivity contribution in [1.82, 2.24) is 10.3 Å². The third kappa shape index (κ3) is 4.03. The SMILES string of the molecule is NC(=Nc1ccccc1)NC(=O)c1ccnc2cc(C3CCCCC3)ccc12. The molecule has 3 aromatic rings. The molecule has 28 heavy (non-hydrogen) atoms. The summed E-state index contributed by atoms with van der Waals surface area (Å²) < 4.78 is 0. The van der Waals surface area contributed by atoms with E-state index in [1.54, 1.807) is 12.3 Å². The molecule has 0 bridgehead atoms. The van der Waals surface area contributed by atoms with Crippen LogP contribution in [0.2, 0.25) is 0 Å². The number of amides is 1. The highest BCUT2D eigenvalue weighted by molar-refractivity contribution is 6.12. The summed E-state index contributed by atoms with van der Waals surface area (Å²) in [5, 5.41) is 3.50. The smallest absolute Gasteiger partial charge is 0.258 e. The van der Waals surface area contributed by atoms with Gasteiger partial charge in [0.1, 0.15) is 0 Å². The molecule has 1 fully saturated rings. The lowest BCUT2D eigenvalue weighted by Gasteiger charge is -2.22. The lowest BCUT2D eigenvalue weighted by molar-refractivity contribution is 0.0978. The Balaban J connectivity index is 1.57. The van der Waals surface area contributed by atoms with E-state index < -0.39 is 0 Å². The lowest BCUT2D eigenvalue weighted by atomic mass is 9.83. The van der Waals surface area contributed by atoms with Crippen LogP contribution in [-0.4, -0.2) is 16.9 Å². The molecule has 5 nitrogen and oxygen atoms in total. The van der Waals surface area contributed by atoms with Crippen LogP contribution in [0.5, 0.6) is 0 Å². The van der Waals surface area contributed by atoms with Crippen LogP contribution < -0.4 is 11.1 Å². The Morgan fingerprint density at radius 2 is 1.82 bits per heavy atom. The van der Waals surface area contributed by atoms with Gasteiger partial charge in [-0.15, -0.1) is 0 Å². The van der Waals surface area contributed by atoms with Crippen molar-refractivity contribution in [3.05, 3.63) is 71.9 Å². The van der Waals surface area contributed by atoms with Gasteiger partial charge >= 0.3 is 0 Å². The van der Waals surface area contributed by atoms with Crippen LogP contribution in [0.4, 0.5) is 5.69 Å². The van der Waals surface area contributed by atoms with E-state index in [1.807, 2.05) is 36.4 Å². The van der Waals surface area contributed by atoms with E-state index in [4.69, 9.17) is 5.73 Å². The lowest BCUT2D eigenvalue weighted by Crippen LogP contribution is -2.36. The standard InChI is InChI=1S/C23H24N4O/c24-23(26-18-9-5-2-6-10-18)27-22(28)20-13-14-25-21-15-17(11-12-19(20)21)16-7-3-1-4-8-16/h2,5-6,9-16H,1,3-4,7-8H2,(H3,24,26,27,28). The van der Waals surface area contributed by atoms with Gasteiger partial charge in [-0.05, 0) is 48.6 Å². The number of fused-ring (bicyclic) bond motifs is 1. The fourth-order valence-corrected chi connectivity index (χ4v) is 3.91. The molecular formula is C23H24N4O. The van der Waals surface area contributed by atoms with Crippen molar-refractivity contribution in [2.45, 2.75) is 38.0 Å². The predicted molar refractivity (Wildman–Crippen MR) is 113 cm³/mol. The number of carbonyl (C=O) groups is 1. The van der Waals surface area contributed by atoms with Crippen molar-refractivity contribution in [3.8, 4) is 0 Å². The molecule has 1 heterocycles. The first-order valence-corrected chi connectivity index (χ1v) is 9.80. The van der Waals surface area contributed by atoms with E-state index in [0.29, 0.717) is 17.2 Å². The second-order valence-electron chi connectivity index (χ2n) is 7.26. The predicted octanol–water partition coefficient (Wildman–Crippen LogP) is 4.66. The summed E-state index contributed by atoms with van der Waals surface area (Å²) in [6.45, 7) is 0. The first-order chi connectivity index (χ1) is 13.7. The molecule has 1 saturated carbocycles. The number of hydrogen-bond acceptors (Lipinski definition) is 3. The maximum atomic E-state index is 12.7. The number of aromatic nitrogens is 1. The Morgan fingerprint density at radius 3 is 2.61 bits per heavy atom. The van der Waals surface area contributed by atoms with Crippen LogP contribution in [0.3, 0.4) is 0 Å². The first-order valence-electron chi connectivity index (χ1n) is 9.80. The zero-order chi connectivity index (χ0) is 19.3. The van der Waals surface area contributed by atoms with Crippen molar-refractivity contribution in [3.63, 3.8) is 0 Å². The normalized spacial score (nSPS) is 15.5. The number of guanidine groups is 1. The summed E-state index contributed by atoms with van der Waals surface area (Å²) in [6, 6.07) is 17.3. The van der Waals surface area contributed by atoms with E-state index in [9.17, 15) is 4.79 Å². The summed E-state index contributed by atoms with van der Waals surface area (Å²) in [7, 11) is 0. The number of rotatable bonds is 3. The third-order valence-electron chi connectivity index (χ3n) is 5.34. The highest BCUT2D eigenvalue weighted by Crippen LogP contribution is 2.34. The van der Waals surface area contributed by atoms with Gasteiger partial charge in [-0.3, -0.25) is 15.1 Å². The number of carbonyl (C=O) groups excluding carboxylic acids is 1. The van der Waals surface area contributed by atoms with Crippen molar-refractivity contribution < 1.29 is 4.79 Å². The molecule has 0 spiro atoms. The zero-order valence-corrected chi connectivity index (χ0v) is 15.8. The van der Waals surface area contributed by atoms with Gasteiger partial charge in [-0.2, -0.15) is 0 Å². The van der Waals surface area contributed by atoms with E-state index in [0.717, 1.165) is 10.9 Å². The van der Waals surface area contributed by atoms with E-state index in [1.165, 1.54) is 37.7 Å². The molecule has 0 saturated heterocycles. The average Bonchev–Trinajstić information content (AvgIpc) is 2.74. The number of nitrogens with two attached hydrogens (primary N) is 1. The summed E-state index contributed by atoms with van der Waals surface area (Å²) >= 11 is 0. The maximum Gasteiger partial charge on any atom is 0.258 e. The van der Waals surface area contributed by atoms with Crippen LogP contribution in [-0.2, 0) is 0 Å². The largest absolute Gasteiger partial charge is 0.369 e. The van der Waals surface area contributed by atoms with Crippen LogP contribution in [0, 0.1) is 0 Å². The number of nitrogens with one attached hydrogen (secondary N) is 1. The van der Waals surface area contributed by atoms with Gasteiger partial charge in [0.25, 0.3) is 5.91 Å². The van der Waals surface area contributed by atoms with Crippen molar-refractivity contribution in [2.24, 2.45) is 10.7 Å². The number of pyridine rings is 1. The van der Waals surface area contributed by atoms with E-state index in [2.05, 4.69) is 27.4 Å². The van der Waals surface area contributed by atoms with Crippen LogP contribution in [0.25, 0.3) is 10.9 Å². The van der Waals surface area contributed by atoms with Gasteiger partial charge in [0.15, 0.2) is 0 Å².